The van der Waals surface area contributed by atoms with Crippen LogP contribution < -0.4 is 11.1 Å². The van der Waals surface area contributed by atoms with E-state index in [2.05, 4.69) is 5.32 Å². The second-order valence-electron chi connectivity index (χ2n) is 4.11. The van der Waals surface area contributed by atoms with Crippen LogP contribution in [0.25, 0.3) is 0 Å². The average Bonchev–Trinajstić information content (AvgIpc) is 2.06. The van der Waals surface area contributed by atoms with E-state index >= 15 is 0 Å². The van der Waals surface area contributed by atoms with Gasteiger partial charge in [0.1, 0.15) is 0 Å². The van der Waals surface area contributed by atoms with E-state index in [1.807, 2.05) is 24.3 Å². The molecule has 3 nitrogen and oxygen atoms in total. The molecule has 0 radical (unpaired) electrons. The summed E-state index contributed by atoms with van der Waals surface area (Å²) < 4.78 is 0. The summed E-state index contributed by atoms with van der Waals surface area (Å²) in [6, 6.07) is 7.72. The van der Waals surface area contributed by atoms with Gasteiger partial charge in [0, 0.05) is 18.8 Å². The van der Waals surface area contributed by atoms with Crippen molar-refractivity contribution in [3.63, 3.8) is 0 Å². The Labute approximate surface area is 84.9 Å². The predicted octanol–water partition coefficient (Wildman–Crippen LogP) is 1.13. The lowest BCUT2D eigenvalue weighted by Crippen LogP contribution is -2.34. The molecule has 1 aromatic rings. The summed E-state index contributed by atoms with van der Waals surface area (Å²) in [6.45, 7) is 4.79. The van der Waals surface area contributed by atoms with E-state index in [1.54, 1.807) is 13.8 Å². The van der Waals surface area contributed by atoms with Gasteiger partial charge < -0.3 is 16.2 Å². The maximum atomic E-state index is 9.47. The van der Waals surface area contributed by atoms with Gasteiger partial charge in [-0.25, -0.2) is 0 Å². The molecule has 0 saturated heterocycles. The summed E-state index contributed by atoms with van der Waals surface area (Å²) in [5.74, 6) is 0. The molecule has 0 fully saturated rings. The fourth-order valence-corrected chi connectivity index (χ4v) is 1.20. The fourth-order valence-electron chi connectivity index (χ4n) is 1.20. The molecule has 78 valence electrons. The molecule has 0 aliphatic carbocycles. The Balaban J connectivity index is 2.43. The van der Waals surface area contributed by atoms with Crippen molar-refractivity contribution in [2.24, 2.45) is 0 Å². The SMILES string of the molecule is CC(C)(O)CNCc1ccccc1N. The minimum atomic E-state index is -0.677. The largest absolute Gasteiger partial charge is 0.398 e. The third-order valence-corrected chi connectivity index (χ3v) is 1.93. The number of nitrogens with two attached hydrogens (primary N) is 1. The van der Waals surface area contributed by atoms with Gasteiger partial charge in [-0.05, 0) is 25.5 Å². The molecule has 1 aromatic carbocycles. The highest BCUT2D eigenvalue weighted by Crippen LogP contribution is 2.10. The quantitative estimate of drug-likeness (QED) is 0.630. The van der Waals surface area contributed by atoms with Crippen molar-refractivity contribution in [2.75, 3.05) is 12.3 Å². The van der Waals surface area contributed by atoms with Crippen LogP contribution in [-0.4, -0.2) is 17.3 Å². The van der Waals surface area contributed by atoms with Gasteiger partial charge in [-0.3, -0.25) is 0 Å². The van der Waals surface area contributed by atoms with E-state index < -0.39 is 5.60 Å². The van der Waals surface area contributed by atoms with Crippen LogP contribution in [0.1, 0.15) is 19.4 Å². The molecule has 0 aromatic heterocycles. The van der Waals surface area contributed by atoms with E-state index in [1.165, 1.54) is 0 Å². The van der Waals surface area contributed by atoms with Gasteiger partial charge in [-0.1, -0.05) is 18.2 Å². The van der Waals surface area contributed by atoms with Crippen LogP contribution in [0.15, 0.2) is 24.3 Å². The van der Waals surface area contributed by atoms with Gasteiger partial charge in [0.05, 0.1) is 5.60 Å². The second kappa shape index (κ2) is 4.44. The average molecular weight is 194 g/mol. The second-order valence-corrected chi connectivity index (χ2v) is 4.11. The summed E-state index contributed by atoms with van der Waals surface area (Å²) in [7, 11) is 0. The summed E-state index contributed by atoms with van der Waals surface area (Å²) in [4.78, 5) is 0. The standard InChI is InChI=1S/C11H18N2O/c1-11(2,14)8-13-7-9-5-3-4-6-10(9)12/h3-6,13-14H,7-8,12H2,1-2H3. The molecule has 0 aliphatic heterocycles. The molecule has 0 amide bonds. The van der Waals surface area contributed by atoms with Crippen molar-refractivity contribution in [2.45, 2.75) is 26.0 Å². The van der Waals surface area contributed by atoms with Crippen LogP contribution in [0, 0.1) is 0 Å². The Kier molecular flexibility index (Phi) is 3.49. The van der Waals surface area contributed by atoms with Gasteiger partial charge in [0.2, 0.25) is 0 Å². The van der Waals surface area contributed by atoms with Crippen LogP contribution in [0.2, 0.25) is 0 Å². The summed E-state index contributed by atoms with van der Waals surface area (Å²) in [6.07, 6.45) is 0. The number of hydrogen-bond acceptors (Lipinski definition) is 3. The number of anilines is 1. The number of hydrogen-bond donors (Lipinski definition) is 3. The highest BCUT2D eigenvalue weighted by atomic mass is 16.3. The van der Waals surface area contributed by atoms with E-state index in [-0.39, 0.29) is 0 Å². The normalized spacial score (nSPS) is 11.6. The maximum absolute atomic E-state index is 9.47. The monoisotopic (exact) mass is 194 g/mol. The van der Waals surface area contributed by atoms with Gasteiger partial charge >= 0.3 is 0 Å². The highest BCUT2D eigenvalue weighted by Gasteiger charge is 2.11. The summed E-state index contributed by atoms with van der Waals surface area (Å²) in [5.41, 5.74) is 6.95. The zero-order valence-corrected chi connectivity index (χ0v) is 8.75. The van der Waals surface area contributed by atoms with Crippen LogP contribution in [0.5, 0.6) is 0 Å². The van der Waals surface area contributed by atoms with Crippen molar-refractivity contribution in [1.29, 1.82) is 0 Å². The third kappa shape index (κ3) is 3.77. The molecule has 1 rings (SSSR count). The molecule has 0 bridgehead atoms. The summed E-state index contributed by atoms with van der Waals surface area (Å²) in [5, 5.41) is 12.6. The van der Waals surface area contributed by atoms with E-state index in [0.717, 1.165) is 11.3 Å². The molecule has 14 heavy (non-hydrogen) atoms. The minimum absolute atomic E-state index is 0.557. The number of nitrogen functional groups attached to an aromatic ring is 1. The zero-order valence-electron chi connectivity index (χ0n) is 8.75. The van der Waals surface area contributed by atoms with Crippen molar-refractivity contribution < 1.29 is 5.11 Å². The Morgan fingerprint density at radius 1 is 1.36 bits per heavy atom. The molecular weight excluding hydrogens is 176 g/mol. The topological polar surface area (TPSA) is 58.3 Å². The number of para-hydroxylation sites is 1. The molecule has 0 unspecified atom stereocenters. The van der Waals surface area contributed by atoms with E-state index in [0.29, 0.717) is 13.1 Å². The smallest absolute Gasteiger partial charge is 0.0715 e. The third-order valence-electron chi connectivity index (χ3n) is 1.93. The van der Waals surface area contributed by atoms with E-state index in [9.17, 15) is 5.11 Å². The Bertz CT molecular complexity index is 292. The lowest BCUT2D eigenvalue weighted by molar-refractivity contribution is 0.0795. The first kappa shape index (κ1) is 11.0. The number of aliphatic hydroxyl groups is 1. The molecule has 0 heterocycles. The van der Waals surface area contributed by atoms with Gasteiger partial charge in [0.15, 0.2) is 0 Å². The number of nitrogens with one attached hydrogen (secondary N) is 1. The Hall–Kier alpha value is -1.06. The predicted molar refractivity (Wildman–Crippen MR) is 58.9 cm³/mol. The Morgan fingerprint density at radius 2 is 2.00 bits per heavy atom. The minimum Gasteiger partial charge on any atom is -0.398 e. The van der Waals surface area contributed by atoms with Crippen LogP contribution >= 0.6 is 0 Å². The molecule has 0 atom stereocenters. The zero-order chi connectivity index (χ0) is 10.6. The van der Waals surface area contributed by atoms with Crippen molar-refractivity contribution >= 4 is 5.69 Å². The molecule has 0 aliphatic rings. The van der Waals surface area contributed by atoms with Crippen molar-refractivity contribution in [3.8, 4) is 0 Å². The van der Waals surface area contributed by atoms with Crippen molar-refractivity contribution in [3.05, 3.63) is 29.8 Å². The lowest BCUT2D eigenvalue weighted by Gasteiger charge is -2.18. The van der Waals surface area contributed by atoms with E-state index in [4.69, 9.17) is 5.73 Å². The molecule has 3 heteroatoms. The van der Waals surface area contributed by atoms with Crippen molar-refractivity contribution in [1.82, 2.24) is 5.32 Å². The van der Waals surface area contributed by atoms with Gasteiger partial charge in [-0.2, -0.15) is 0 Å². The van der Waals surface area contributed by atoms with Crippen LogP contribution in [-0.2, 0) is 6.54 Å². The molecule has 4 N–H and O–H groups in total. The molecule has 0 saturated carbocycles. The van der Waals surface area contributed by atoms with Gasteiger partial charge in [0.25, 0.3) is 0 Å². The first-order valence-electron chi connectivity index (χ1n) is 4.75. The van der Waals surface area contributed by atoms with Crippen LogP contribution in [0.3, 0.4) is 0 Å². The van der Waals surface area contributed by atoms with Crippen LogP contribution in [0.4, 0.5) is 5.69 Å². The fraction of sp³-hybridized carbons (Fsp3) is 0.455. The first-order valence-corrected chi connectivity index (χ1v) is 4.75. The maximum Gasteiger partial charge on any atom is 0.0715 e. The first-order chi connectivity index (χ1) is 6.49. The molecular formula is C11H18N2O. The number of rotatable bonds is 4. The number of benzene rings is 1. The molecule has 0 spiro atoms. The summed E-state index contributed by atoms with van der Waals surface area (Å²) >= 11 is 0. The Morgan fingerprint density at radius 3 is 2.57 bits per heavy atom. The van der Waals surface area contributed by atoms with Gasteiger partial charge in [-0.15, -0.1) is 0 Å². The lowest BCUT2D eigenvalue weighted by atomic mass is 10.1. The highest BCUT2D eigenvalue weighted by molar-refractivity contribution is 5.46.